The highest BCUT2D eigenvalue weighted by Crippen LogP contribution is 2.15. The number of rotatable bonds is 5. The summed E-state index contributed by atoms with van der Waals surface area (Å²) in [6, 6.07) is 8.16. The van der Waals surface area contributed by atoms with Gasteiger partial charge in [-0.2, -0.15) is 0 Å². The van der Waals surface area contributed by atoms with Gasteiger partial charge in [-0.15, -0.1) is 0 Å². The van der Waals surface area contributed by atoms with Crippen molar-refractivity contribution >= 4 is 17.6 Å². The van der Waals surface area contributed by atoms with Gasteiger partial charge >= 0.3 is 6.03 Å². The highest BCUT2D eigenvalue weighted by atomic mass is 19.1. The summed E-state index contributed by atoms with van der Waals surface area (Å²) in [4.78, 5) is 23.4. The molecule has 0 spiro atoms. The molecule has 2 rings (SSSR count). The number of urea groups is 1. The SMILES string of the molecule is CNC(=O)c1cc(NC(=O)NC[C@@H](O)c2ccc(F)cc2)ccc1F. The summed E-state index contributed by atoms with van der Waals surface area (Å²) >= 11 is 0. The summed E-state index contributed by atoms with van der Waals surface area (Å²) in [6.07, 6.45) is -1.01. The van der Waals surface area contributed by atoms with Crippen molar-refractivity contribution in [1.29, 1.82) is 0 Å². The van der Waals surface area contributed by atoms with Gasteiger partial charge in [0, 0.05) is 19.3 Å². The van der Waals surface area contributed by atoms with Crippen molar-refractivity contribution < 1.29 is 23.5 Å². The normalized spacial score (nSPS) is 11.5. The highest BCUT2D eigenvalue weighted by Gasteiger charge is 2.13. The number of aliphatic hydroxyl groups is 1. The minimum Gasteiger partial charge on any atom is -0.387 e. The van der Waals surface area contributed by atoms with Crippen LogP contribution in [0.5, 0.6) is 0 Å². The fourth-order valence-corrected chi connectivity index (χ4v) is 2.08. The van der Waals surface area contributed by atoms with E-state index in [-0.39, 0.29) is 17.8 Å². The Bertz CT molecular complexity index is 766. The van der Waals surface area contributed by atoms with Crippen molar-refractivity contribution in [2.24, 2.45) is 0 Å². The van der Waals surface area contributed by atoms with Crippen LogP contribution >= 0.6 is 0 Å². The molecule has 0 aliphatic rings. The maximum Gasteiger partial charge on any atom is 0.319 e. The number of halogens is 2. The number of carbonyl (C=O) groups excluding carboxylic acids is 2. The molecular weight excluding hydrogens is 332 g/mol. The van der Waals surface area contributed by atoms with Crippen molar-refractivity contribution in [3.63, 3.8) is 0 Å². The van der Waals surface area contributed by atoms with Crippen LogP contribution in [0.15, 0.2) is 42.5 Å². The van der Waals surface area contributed by atoms with Crippen molar-refractivity contribution in [3.8, 4) is 0 Å². The van der Waals surface area contributed by atoms with Crippen LogP contribution in [-0.2, 0) is 0 Å². The Kier molecular flexibility index (Phi) is 6.02. The van der Waals surface area contributed by atoms with Gasteiger partial charge in [0.05, 0.1) is 11.7 Å². The summed E-state index contributed by atoms with van der Waals surface area (Å²) in [7, 11) is 1.37. The molecule has 0 aromatic heterocycles. The number of benzene rings is 2. The molecule has 0 saturated heterocycles. The van der Waals surface area contributed by atoms with Crippen LogP contribution < -0.4 is 16.0 Å². The fourth-order valence-electron chi connectivity index (χ4n) is 2.08. The molecule has 0 aliphatic heterocycles. The van der Waals surface area contributed by atoms with E-state index in [1.165, 1.54) is 43.4 Å². The summed E-state index contributed by atoms with van der Waals surface area (Å²) in [6.45, 7) is -0.110. The van der Waals surface area contributed by atoms with E-state index in [1.54, 1.807) is 0 Å². The van der Waals surface area contributed by atoms with E-state index < -0.39 is 29.7 Å². The highest BCUT2D eigenvalue weighted by molar-refractivity contribution is 5.97. The maximum atomic E-state index is 13.6. The molecule has 0 aliphatic carbocycles. The number of hydrogen-bond acceptors (Lipinski definition) is 3. The molecule has 0 radical (unpaired) electrons. The lowest BCUT2D eigenvalue weighted by Crippen LogP contribution is -2.32. The van der Waals surface area contributed by atoms with Crippen LogP contribution in [0.3, 0.4) is 0 Å². The Hall–Kier alpha value is -3.00. The molecule has 0 saturated carbocycles. The lowest BCUT2D eigenvalue weighted by atomic mass is 10.1. The summed E-state index contributed by atoms with van der Waals surface area (Å²) in [5, 5.41) is 17.1. The molecular formula is C17H17F2N3O3. The third-order valence-corrected chi connectivity index (χ3v) is 3.41. The second kappa shape index (κ2) is 8.20. The second-order valence-corrected chi connectivity index (χ2v) is 5.18. The first-order chi connectivity index (χ1) is 11.9. The van der Waals surface area contributed by atoms with Gasteiger partial charge in [-0.05, 0) is 35.9 Å². The van der Waals surface area contributed by atoms with Gasteiger partial charge in [0.15, 0.2) is 0 Å². The van der Waals surface area contributed by atoms with Crippen LogP contribution in [0.25, 0.3) is 0 Å². The zero-order chi connectivity index (χ0) is 18.4. The topological polar surface area (TPSA) is 90.5 Å². The number of carbonyl (C=O) groups is 2. The number of hydrogen-bond donors (Lipinski definition) is 4. The fraction of sp³-hybridized carbons (Fsp3) is 0.176. The summed E-state index contributed by atoms with van der Waals surface area (Å²) in [5.74, 6) is -1.75. The molecule has 2 aromatic rings. The van der Waals surface area contributed by atoms with Crippen LogP contribution in [0.4, 0.5) is 19.3 Å². The maximum absolute atomic E-state index is 13.6. The van der Waals surface area contributed by atoms with E-state index in [1.807, 2.05) is 0 Å². The molecule has 0 bridgehead atoms. The van der Waals surface area contributed by atoms with E-state index in [0.29, 0.717) is 5.56 Å². The molecule has 1 atom stereocenters. The largest absolute Gasteiger partial charge is 0.387 e. The monoisotopic (exact) mass is 349 g/mol. The predicted molar refractivity (Wildman–Crippen MR) is 88.2 cm³/mol. The van der Waals surface area contributed by atoms with E-state index in [2.05, 4.69) is 16.0 Å². The van der Waals surface area contributed by atoms with Gasteiger partial charge in [-0.1, -0.05) is 12.1 Å². The number of nitrogens with one attached hydrogen (secondary N) is 3. The molecule has 8 heteroatoms. The van der Waals surface area contributed by atoms with Crippen LogP contribution in [0, 0.1) is 11.6 Å². The minimum absolute atomic E-state index is 0.110. The zero-order valence-corrected chi connectivity index (χ0v) is 13.3. The Labute approximate surface area is 142 Å². The van der Waals surface area contributed by atoms with Gasteiger partial charge in [0.1, 0.15) is 11.6 Å². The lowest BCUT2D eigenvalue weighted by molar-refractivity contribution is 0.0959. The van der Waals surface area contributed by atoms with E-state index in [9.17, 15) is 23.5 Å². The van der Waals surface area contributed by atoms with Crippen molar-refractivity contribution in [1.82, 2.24) is 10.6 Å². The molecule has 6 nitrogen and oxygen atoms in total. The molecule has 0 fully saturated rings. The van der Waals surface area contributed by atoms with E-state index >= 15 is 0 Å². The lowest BCUT2D eigenvalue weighted by Gasteiger charge is -2.13. The van der Waals surface area contributed by atoms with Crippen LogP contribution in [-0.4, -0.2) is 30.6 Å². The standard InChI is InChI=1S/C17H17F2N3O3/c1-20-16(24)13-8-12(6-7-14(13)19)22-17(25)21-9-15(23)10-2-4-11(18)5-3-10/h2-8,15,23H,9H2,1H3,(H,20,24)(H2,21,22,25)/t15-/m1/s1. The van der Waals surface area contributed by atoms with Crippen molar-refractivity contribution in [2.45, 2.75) is 6.10 Å². The Morgan fingerprint density at radius 3 is 2.44 bits per heavy atom. The van der Waals surface area contributed by atoms with Crippen LogP contribution in [0.1, 0.15) is 22.0 Å². The first kappa shape index (κ1) is 18.3. The average Bonchev–Trinajstić information content (AvgIpc) is 2.61. The van der Waals surface area contributed by atoms with Crippen molar-refractivity contribution in [2.75, 3.05) is 18.9 Å². The molecule has 4 N–H and O–H groups in total. The Morgan fingerprint density at radius 1 is 1.12 bits per heavy atom. The van der Waals surface area contributed by atoms with Crippen LogP contribution in [0.2, 0.25) is 0 Å². The third kappa shape index (κ3) is 4.98. The summed E-state index contributed by atoms with van der Waals surface area (Å²) in [5.41, 5.74) is 0.464. The third-order valence-electron chi connectivity index (χ3n) is 3.41. The molecule has 132 valence electrons. The summed E-state index contributed by atoms with van der Waals surface area (Å²) < 4.78 is 26.4. The number of amides is 3. The Morgan fingerprint density at radius 2 is 1.80 bits per heavy atom. The quantitative estimate of drug-likeness (QED) is 0.667. The second-order valence-electron chi connectivity index (χ2n) is 5.18. The molecule has 2 aromatic carbocycles. The van der Waals surface area contributed by atoms with Gasteiger partial charge in [0.2, 0.25) is 0 Å². The van der Waals surface area contributed by atoms with Gasteiger partial charge in [0.25, 0.3) is 5.91 Å². The minimum atomic E-state index is -1.01. The zero-order valence-electron chi connectivity index (χ0n) is 13.3. The van der Waals surface area contributed by atoms with Gasteiger partial charge < -0.3 is 21.1 Å². The molecule has 0 unspecified atom stereocenters. The van der Waals surface area contributed by atoms with E-state index in [0.717, 1.165) is 6.07 Å². The smallest absolute Gasteiger partial charge is 0.319 e. The Balaban J connectivity index is 1.94. The number of anilines is 1. The molecule has 3 amide bonds. The predicted octanol–water partition coefficient (Wildman–Crippen LogP) is 2.18. The number of aliphatic hydroxyl groups excluding tert-OH is 1. The first-order valence-corrected chi connectivity index (χ1v) is 7.40. The van der Waals surface area contributed by atoms with Gasteiger partial charge in [-0.25, -0.2) is 13.6 Å². The van der Waals surface area contributed by atoms with Gasteiger partial charge in [-0.3, -0.25) is 4.79 Å². The molecule has 0 heterocycles. The molecule has 25 heavy (non-hydrogen) atoms. The first-order valence-electron chi connectivity index (χ1n) is 7.40. The van der Waals surface area contributed by atoms with E-state index in [4.69, 9.17) is 0 Å². The average molecular weight is 349 g/mol. The van der Waals surface area contributed by atoms with Crippen molar-refractivity contribution in [3.05, 3.63) is 65.2 Å².